The van der Waals surface area contributed by atoms with E-state index in [9.17, 15) is 14.4 Å². The van der Waals surface area contributed by atoms with E-state index < -0.39 is 18.4 Å². The van der Waals surface area contributed by atoms with Crippen LogP contribution in [0.15, 0.2) is 29.1 Å². The van der Waals surface area contributed by atoms with Gasteiger partial charge in [0, 0.05) is 24.2 Å². The van der Waals surface area contributed by atoms with Gasteiger partial charge >= 0.3 is 5.97 Å². The van der Waals surface area contributed by atoms with E-state index >= 15 is 0 Å². The van der Waals surface area contributed by atoms with Gasteiger partial charge in [-0.1, -0.05) is 44.2 Å². The number of hydrogen-bond donors (Lipinski definition) is 3. The molecule has 2 bridgehead atoms. The number of nitrogens with zero attached hydrogens (tertiary/aromatic N) is 3. The van der Waals surface area contributed by atoms with Crippen LogP contribution in [0.4, 0.5) is 5.82 Å². The van der Waals surface area contributed by atoms with Gasteiger partial charge in [-0.05, 0) is 50.7 Å². The summed E-state index contributed by atoms with van der Waals surface area (Å²) in [7, 11) is 0. The molecule has 0 spiro atoms. The molecule has 9 nitrogen and oxygen atoms in total. The second kappa shape index (κ2) is 11.0. The maximum atomic E-state index is 13.7. The van der Waals surface area contributed by atoms with E-state index in [1.807, 2.05) is 28.8 Å². The van der Waals surface area contributed by atoms with Gasteiger partial charge in [-0.2, -0.15) is 0 Å². The number of carbonyl (C=O) groups excluding carboxylic acids is 1. The predicted molar refractivity (Wildman–Crippen MR) is 138 cm³/mol. The minimum absolute atomic E-state index is 0.0918. The number of amides is 1. The smallest absolute Gasteiger partial charge is 0.322 e. The Hall–Kier alpha value is -2.94. The normalized spacial score (nSPS) is 25.3. The van der Waals surface area contributed by atoms with Crippen LogP contribution in [0, 0.1) is 0 Å². The molecule has 1 amide bonds. The van der Waals surface area contributed by atoms with E-state index in [1.54, 1.807) is 0 Å². The number of para-hydroxylation sites is 2. The molecule has 36 heavy (non-hydrogen) atoms. The summed E-state index contributed by atoms with van der Waals surface area (Å²) >= 11 is 0. The van der Waals surface area contributed by atoms with Crippen molar-refractivity contribution in [2.45, 2.75) is 94.8 Å². The maximum absolute atomic E-state index is 13.7. The largest absolute Gasteiger partial charge is 0.480 e. The van der Waals surface area contributed by atoms with Crippen molar-refractivity contribution in [1.29, 1.82) is 0 Å². The lowest BCUT2D eigenvalue weighted by molar-refractivity contribution is -0.137. The minimum Gasteiger partial charge on any atom is -0.480 e. The van der Waals surface area contributed by atoms with Gasteiger partial charge in [0.15, 0.2) is 5.82 Å². The SMILES string of the molecule is O=C(O)CNC(=O)CNc1nc2ccccc2n(C2CC3CC[C@@H](C2)N3C2CCCCCCC2)c1=O. The summed E-state index contributed by atoms with van der Waals surface area (Å²) in [6.07, 6.45) is 13.6. The summed E-state index contributed by atoms with van der Waals surface area (Å²) < 4.78 is 1.90. The highest BCUT2D eigenvalue weighted by atomic mass is 16.4. The summed E-state index contributed by atoms with van der Waals surface area (Å²) in [5.74, 6) is -1.48. The fourth-order valence-electron chi connectivity index (χ4n) is 6.76. The van der Waals surface area contributed by atoms with Crippen LogP contribution < -0.4 is 16.2 Å². The van der Waals surface area contributed by atoms with Gasteiger partial charge in [0.25, 0.3) is 5.56 Å². The molecule has 2 unspecified atom stereocenters. The fourth-order valence-corrected chi connectivity index (χ4v) is 6.76. The van der Waals surface area contributed by atoms with Crippen LogP contribution >= 0.6 is 0 Å². The molecule has 1 saturated carbocycles. The van der Waals surface area contributed by atoms with E-state index in [2.05, 4.69) is 20.5 Å². The number of carbonyl (C=O) groups is 2. The number of anilines is 1. The number of aromatic nitrogens is 2. The number of nitrogens with one attached hydrogen (secondary N) is 2. The molecule has 3 fully saturated rings. The maximum Gasteiger partial charge on any atom is 0.322 e. The third-order valence-corrected chi connectivity index (χ3v) is 8.27. The highest BCUT2D eigenvalue weighted by molar-refractivity contribution is 5.84. The number of carboxylic acid groups (broad SMARTS) is 1. The molecule has 194 valence electrons. The van der Waals surface area contributed by atoms with Crippen LogP contribution in [0.1, 0.15) is 76.7 Å². The average Bonchev–Trinajstić information content (AvgIpc) is 3.10. The summed E-state index contributed by atoms with van der Waals surface area (Å²) in [4.78, 5) is 43.7. The van der Waals surface area contributed by atoms with E-state index in [0.717, 1.165) is 18.4 Å². The molecule has 1 aromatic carbocycles. The van der Waals surface area contributed by atoms with Crippen molar-refractivity contribution in [3.8, 4) is 0 Å². The van der Waals surface area contributed by atoms with Gasteiger partial charge in [0.1, 0.15) is 6.54 Å². The van der Waals surface area contributed by atoms with Crippen molar-refractivity contribution in [3.63, 3.8) is 0 Å². The Morgan fingerprint density at radius 1 is 0.889 bits per heavy atom. The molecule has 3 N–H and O–H groups in total. The molecule has 3 heterocycles. The third-order valence-electron chi connectivity index (χ3n) is 8.27. The molecule has 5 rings (SSSR count). The quantitative estimate of drug-likeness (QED) is 0.540. The highest BCUT2D eigenvalue weighted by Gasteiger charge is 2.44. The summed E-state index contributed by atoms with van der Waals surface area (Å²) in [5, 5.41) is 13.9. The summed E-state index contributed by atoms with van der Waals surface area (Å²) in [5.41, 5.74) is 1.32. The van der Waals surface area contributed by atoms with Crippen LogP contribution in [0.2, 0.25) is 0 Å². The number of carboxylic acids is 1. The molecule has 1 aliphatic carbocycles. The Kier molecular flexibility index (Phi) is 7.55. The van der Waals surface area contributed by atoms with E-state index in [0.29, 0.717) is 23.6 Å². The molecule has 3 atom stereocenters. The summed E-state index contributed by atoms with van der Waals surface area (Å²) in [6, 6.07) is 9.46. The first-order valence-corrected chi connectivity index (χ1v) is 13.5. The number of piperidine rings is 1. The Bertz CT molecular complexity index is 1140. The van der Waals surface area contributed by atoms with E-state index in [4.69, 9.17) is 5.11 Å². The Morgan fingerprint density at radius 3 is 2.25 bits per heavy atom. The zero-order chi connectivity index (χ0) is 25.1. The standard InChI is InChI=1S/C27H37N5O4/c33-24(28-17-25(34)35)16-29-26-27(36)32(23-11-7-6-10-22(23)30-26)21-14-19-12-13-20(15-21)31(19)18-8-4-2-1-3-5-9-18/h6-7,10-11,18-21H,1-5,8-9,12-17H2,(H,28,33)(H,29,30)(H,34,35)/t19-,20?,21?/m0/s1. The van der Waals surface area contributed by atoms with Gasteiger partial charge in [-0.25, -0.2) is 4.98 Å². The van der Waals surface area contributed by atoms with Crippen molar-refractivity contribution in [1.82, 2.24) is 19.8 Å². The van der Waals surface area contributed by atoms with E-state index in [1.165, 1.54) is 57.8 Å². The van der Waals surface area contributed by atoms with Crippen LogP contribution in [0.25, 0.3) is 11.0 Å². The number of rotatable bonds is 7. The third kappa shape index (κ3) is 5.26. The van der Waals surface area contributed by atoms with Crippen LogP contribution in [0.5, 0.6) is 0 Å². The zero-order valence-corrected chi connectivity index (χ0v) is 20.8. The molecule has 1 aromatic heterocycles. The number of aliphatic carboxylic acids is 1. The Morgan fingerprint density at radius 2 is 1.56 bits per heavy atom. The van der Waals surface area contributed by atoms with Crippen molar-refractivity contribution in [2.75, 3.05) is 18.4 Å². The van der Waals surface area contributed by atoms with Gasteiger partial charge in [0.05, 0.1) is 17.6 Å². The van der Waals surface area contributed by atoms with E-state index in [-0.39, 0.29) is 24.0 Å². The lowest BCUT2D eigenvalue weighted by atomic mass is 9.89. The van der Waals surface area contributed by atoms with Crippen molar-refractivity contribution >= 4 is 28.7 Å². The van der Waals surface area contributed by atoms with Gasteiger partial charge in [-0.15, -0.1) is 0 Å². The van der Waals surface area contributed by atoms with Crippen molar-refractivity contribution < 1.29 is 14.7 Å². The molecule has 2 aliphatic heterocycles. The lowest BCUT2D eigenvalue weighted by Gasteiger charge is -2.45. The van der Waals surface area contributed by atoms with Crippen molar-refractivity contribution in [2.24, 2.45) is 0 Å². The Labute approximate surface area is 211 Å². The fraction of sp³-hybridized carbons (Fsp3) is 0.630. The molecule has 0 radical (unpaired) electrons. The molecule has 9 heteroatoms. The zero-order valence-electron chi connectivity index (χ0n) is 20.8. The molecule has 3 aliphatic rings. The molecule has 2 aromatic rings. The topological polar surface area (TPSA) is 117 Å². The first-order chi connectivity index (χ1) is 17.5. The minimum atomic E-state index is -1.12. The van der Waals surface area contributed by atoms with Gasteiger partial charge in [0.2, 0.25) is 5.91 Å². The Balaban J connectivity index is 1.38. The first-order valence-electron chi connectivity index (χ1n) is 13.5. The average molecular weight is 496 g/mol. The molecular weight excluding hydrogens is 458 g/mol. The second-order valence-corrected chi connectivity index (χ2v) is 10.6. The number of hydrogen-bond acceptors (Lipinski definition) is 6. The van der Waals surface area contributed by atoms with Gasteiger partial charge in [-0.3, -0.25) is 19.3 Å². The lowest BCUT2D eigenvalue weighted by Crippen LogP contribution is -2.50. The van der Waals surface area contributed by atoms with Crippen LogP contribution in [0.3, 0.4) is 0 Å². The first kappa shape index (κ1) is 24.7. The van der Waals surface area contributed by atoms with Crippen LogP contribution in [-0.4, -0.2) is 62.6 Å². The van der Waals surface area contributed by atoms with Gasteiger partial charge < -0.3 is 20.3 Å². The van der Waals surface area contributed by atoms with Crippen molar-refractivity contribution in [3.05, 3.63) is 34.6 Å². The highest BCUT2D eigenvalue weighted by Crippen LogP contribution is 2.44. The number of fused-ring (bicyclic) bond motifs is 3. The molecule has 2 saturated heterocycles. The van der Waals surface area contributed by atoms with Crippen LogP contribution in [-0.2, 0) is 9.59 Å². The summed E-state index contributed by atoms with van der Waals surface area (Å²) in [6.45, 7) is -0.669. The monoisotopic (exact) mass is 495 g/mol. The predicted octanol–water partition coefficient (Wildman–Crippen LogP) is 3.29. The number of benzene rings is 1. The molecular formula is C27H37N5O4. The second-order valence-electron chi connectivity index (χ2n) is 10.6.